The van der Waals surface area contributed by atoms with E-state index in [0.29, 0.717) is 17.4 Å². The lowest BCUT2D eigenvalue weighted by atomic mass is 9.78. The largest absolute Gasteiger partial charge is 0.352 e. The van der Waals surface area contributed by atoms with Gasteiger partial charge in [-0.25, -0.2) is 4.79 Å². The van der Waals surface area contributed by atoms with Crippen molar-refractivity contribution in [3.8, 4) is 0 Å². The van der Waals surface area contributed by atoms with E-state index in [1.165, 1.54) is 6.42 Å². The van der Waals surface area contributed by atoms with Crippen molar-refractivity contribution in [2.45, 2.75) is 51.6 Å². The van der Waals surface area contributed by atoms with Gasteiger partial charge < -0.3 is 10.6 Å². The molecule has 1 aromatic carbocycles. The van der Waals surface area contributed by atoms with Gasteiger partial charge in [0.2, 0.25) is 5.91 Å². The molecule has 0 spiro atoms. The Labute approximate surface area is 168 Å². The van der Waals surface area contributed by atoms with Crippen LogP contribution in [0.2, 0.25) is 0 Å². The number of carbonyl (C=O) groups excluding carboxylic acids is 3. The molecule has 1 aliphatic heterocycles. The molecule has 146 valence electrons. The number of nitrogens with one attached hydrogen (secondary N) is 2. The van der Waals surface area contributed by atoms with Gasteiger partial charge in [-0.3, -0.25) is 14.5 Å². The summed E-state index contributed by atoms with van der Waals surface area (Å²) >= 11 is 3.39. The van der Waals surface area contributed by atoms with E-state index in [1.54, 1.807) is 19.1 Å². The molecule has 2 fully saturated rings. The summed E-state index contributed by atoms with van der Waals surface area (Å²) in [5.41, 5.74) is -0.499. The highest BCUT2D eigenvalue weighted by Crippen LogP contribution is 2.31. The molecule has 0 radical (unpaired) electrons. The first-order valence-electron chi connectivity index (χ1n) is 9.42. The first-order valence-corrected chi connectivity index (χ1v) is 10.2. The molecule has 0 bridgehead atoms. The summed E-state index contributed by atoms with van der Waals surface area (Å²) in [4.78, 5) is 38.9. The maximum atomic E-state index is 12.9. The number of halogens is 1. The van der Waals surface area contributed by atoms with Crippen molar-refractivity contribution in [2.24, 2.45) is 11.8 Å². The standard InChI is InChI=1S/C20H26BrN3O3/c1-12-6-4-9-16(13(12)2)22-17(25)11-24-18(26)20(3,23-19(24)27)14-7-5-8-15(21)10-14/h5,7-8,10,12-13,16H,4,6,9,11H2,1-3H3,(H,22,25)(H,23,27)/t12-,13+,16+,20-/m1/s1. The summed E-state index contributed by atoms with van der Waals surface area (Å²) in [5, 5.41) is 5.76. The van der Waals surface area contributed by atoms with Crippen LogP contribution in [0.5, 0.6) is 0 Å². The zero-order valence-corrected chi connectivity index (χ0v) is 17.5. The van der Waals surface area contributed by atoms with E-state index in [1.807, 2.05) is 12.1 Å². The van der Waals surface area contributed by atoms with Gasteiger partial charge in [-0.2, -0.15) is 0 Å². The second-order valence-electron chi connectivity index (χ2n) is 7.90. The van der Waals surface area contributed by atoms with Crippen LogP contribution < -0.4 is 10.6 Å². The van der Waals surface area contributed by atoms with Crippen molar-refractivity contribution < 1.29 is 14.4 Å². The zero-order chi connectivity index (χ0) is 19.8. The fourth-order valence-corrected chi connectivity index (χ4v) is 4.42. The average Bonchev–Trinajstić information content (AvgIpc) is 2.83. The minimum Gasteiger partial charge on any atom is -0.352 e. The van der Waals surface area contributed by atoms with E-state index < -0.39 is 17.5 Å². The fourth-order valence-electron chi connectivity index (χ4n) is 4.02. The molecule has 2 aliphatic rings. The van der Waals surface area contributed by atoms with Crippen molar-refractivity contribution in [2.75, 3.05) is 6.54 Å². The molecule has 1 saturated carbocycles. The van der Waals surface area contributed by atoms with Crippen molar-refractivity contribution in [1.29, 1.82) is 0 Å². The van der Waals surface area contributed by atoms with Crippen LogP contribution in [-0.4, -0.2) is 35.3 Å². The van der Waals surface area contributed by atoms with Crippen LogP contribution in [0.3, 0.4) is 0 Å². The maximum absolute atomic E-state index is 12.9. The Hall–Kier alpha value is -1.89. The lowest BCUT2D eigenvalue weighted by molar-refractivity contribution is -0.135. The van der Waals surface area contributed by atoms with Gasteiger partial charge in [0.1, 0.15) is 12.1 Å². The third-order valence-electron chi connectivity index (χ3n) is 6.03. The summed E-state index contributed by atoms with van der Waals surface area (Å²) < 4.78 is 0.819. The molecule has 1 heterocycles. The van der Waals surface area contributed by atoms with Crippen LogP contribution in [0, 0.1) is 11.8 Å². The Bertz CT molecular complexity index is 769. The number of rotatable bonds is 4. The van der Waals surface area contributed by atoms with Gasteiger partial charge in [0.05, 0.1) is 0 Å². The molecule has 1 saturated heterocycles. The van der Waals surface area contributed by atoms with Crippen LogP contribution in [0.1, 0.15) is 45.6 Å². The Morgan fingerprint density at radius 2 is 2.07 bits per heavy atom. The Morgan fingerprint density at radius 3 is 2.78 bits per heavy atom. The molecule has 7 heteroatoms. The van der Waals surface area contributed by atoms with Crippen LogP contribution in [0.25, 0.3) is 0 Å². The molecule has 4 atom stereocenters. The molecular formula is C20H26BrN3O3. The Morgan fingerprint density at radius 1 is 1.33 bits per heavy atom. The number of urea groups is 1. The molecule has 0 aromatic heterocycles. The molecule has 2 N–H and O–H groups in total. The van der Waals surface area contributed by atoms with E-state index in [4.69, 9.17) is 0 Å². The number of amides is 4. The second kappa shape index (κ2) is 7.62. The number of benzene rings is 1. The van der Waals surface area contributed by atoms with E-state index >= 15 is 0 Å². The SMILES string of the molecule is C[C@H]1[C@H](C)CCC[C@@H]1NC(=O)CN1C(=O)N[C@](C)(c2cccc(Br)c2)C1=O. The van der Waals surface area contributed by atoms with Gasteiger partial charge in [0.15, 0.2) is 0 Å². The minimum absolute atomic E-state index is 0.0958. The number of carbonyl (C=O) groups is 3. The molecule has 1 aromatic rings. The zero-order valence-electron chi connectivity index (χ0n) is 15.9. The predicted octanol–water partition coefficient (Wildman–Crippen LogP) is 3.16. The van der Waals surface area contributed by atoms with Gasteiger partial charge in [-0.05, 0) is 42.9 Å². The molecule has 3 rings (SSSR count). The van der Waals surface area contributed by atoms with Crippen LogP contribution >= 0.6 is 15.9 Å². The first kappa shape index (κ1) is 19.9. The third kappa shape index (κ3) is 3.88. The molecule has 4 amide bonds. The quantitative estimate of drug-likeness (QED) is 0.712. The average molecular weight is 436 g/mol. The lowest BCUT2D eigenvalue weighted by Gasteiger charge is -2.34. The number of hydrogen-bond donors (Lipinski definition) is 2. The van der Waals surface area contributed by atoms with Gasteiger partial charge >= 0.3 is 6.03 Å². The normalized spacial score (nSPS) is 31.0. The summed E-state index contributed by atoms with van der Waals surface area (Å²) in [6.45, 7) is 5.75. The van der Waals surface area contributed by atoms with Crippen molar-refractivity contribution >= 4 is 33.8 Å². The highest BCUT2D eigenvalue weighted by atomic mass is 79.9. The summed E-state index contributed by atoms with van der Waals surface area (Å²) in [6.07, 6.45) is 3.19. The second-order valence-corrected chi connectivity index (χ2v) is 8.81. The topological polar surface area (TPSA) is 78.5 Å². The van der Waals surface area contributed by atoms with E-state index in [-0.39, 0.29) is 18.5 Å². The van der Waals surface area contributed by atoms with Crippen molar-refractivity contribution in [1.82, 2.24) is 15.5 Å². The molecule has 0 unspecified atom stereocenters. The highest BCUT2D eigenvalue weighted by molar-refractivity contribution is 9.10. The summed E-state index contributed by atoms with van der Waals surface area (Å²) in [6, 6.07) is 6.81. The Kier molecular flexibility index (Phi) is 5.60. The van der Waals surface area contributed by atoms with Crippen LogP contribution in [0.4, 0.5) is 4.79 Å². The van der Waals surface area contributed by atoms with Gasteiger partial charge in [0.25, 0.3) is 5.91 Å². The summed E-state index contributed by atoms with van der Waals surface area (Å²) in [7, 11) is 0. The Balaban J connectivity index is 1.69. The molecular weight excluding hydrogens is 410 g/mol. The highest BCUT2D eigenvalue weighted by Gasteiger charge is 2.49. The number of nitrogens with zero attached hydrogens (tertiary/aromatic N) is 1. The summed E-state index contributed by atoms with van der Waals surface area (Å²) in [5.74, 6) is 0.243. The van der Waals surface area contributed by atoms with Gasteiger partial charge in [-0.15, -0.1) is 0 Å². The number of hydrogen-bond acceptors (Lipinski definition) is 3. The van der Waals surface area contributed by atoms with E-state index in [2.05, 4.69) is 40.4 Å². The van der Waals surface area contributed by atoms with Crippen molar-refractivity contribution in [3.63, 3.8) is 0 Å². The monoisotopic (exact) mass is 435 g/mol. The molecule has 1 aliphatic carbocycles. The number of imide groups is 1. The smallest absolute Gasteiger partial charge is 0.325 e. The van der Waals surface area contributed by atoms with E-state index in [9.17, 15) is 14.4 Å². The van der Waals surface area contributed by atoms with Gasteiger partial charge in [0, 0.05) is 10.5 Å². The van der Waals surface area contributed by atoms with Gasteiger partial charge in [-0.1, -0.05) is 54.8 Å². The predicted molar refractivity (Wildman–Crippen MR) is 106 cm³/mol. The molecule has 6 nitrogen and oxygen atoms in total. The van der Waals surface area contributed by atoms with Crippen molar-refractivity contribution in [3.05, 3.63) is 34.3 Å². The maximum Gasteiger partial charge on any atom is 0.325 e. The minimum atomic E-state index is -1.17. The fraction of sp³-hybridized carbons (Fsp3) is 0.550. The molecule has 27 heavy (non-hydrogen) atoms. The first-order chi connectivity index (χ1) is 12.7. The van der Waals surface area contributed by atoms with Crippen LogP contribution in [-0.2, 0) is 15.1 Å². The van der Waals surface area contributed by atoms with E-state index in [0.717, 1.165) is 22.2 Å². The lowest BCUT2D eigenvalue weighted by Crippen LogP contribution is -2.48. The third-order valence-corrected chi connectivity index (χ3v) is 6.53. The van der Waals surface area contributed by atoms with Crippen LogP contribution in [0.15, 0.2) is 28.7 Å².